The fraction of sp³-hybridized carbons (Fsp3) is 0.611. The number of carbonyl (C=O) groups is 1. The number of alkyl carbamates (subject to hydrolysis) is 1. The molecule has 2 N–H and O–H groups in total. The van der Waals surface area contributed by atoms with Crippen LogP contribution in [0.3, 0.4) is 0 Å². The highest BCUT2D eigenvalue weighted by molar-refractivity contribution is 5.68. The number of hydrogen-bond donors (Lipinski definition) is 2. The summed E-state index contributed by atoms with van der Waals surface area (Å²) >= 11 is 0. The quantitative estimate of drug-likeness (QED) is 0.900. The lowest BCUT2D eigenvalue weighted by atomic mass is 9.92. The van der Waals surface area contributed by atoms with Gasteiger partial charge in [0.1, 0.15) is 5.60 Å². The largest absolute Gasteiger partial charge is 0.444 e. The van der Waals surface area contributed by atoms with Gasteiger partial charge in [-0.15, -0.1) is 0 Å². The maximum absolute atomic E-state index is 12.0. The van der Waals surface area contributed by atoms with Gasteiger partial charge in [0.25, 0.3) is 0 Å². The summed E-state index contributed by atoms with van der Waals surface area (Å²) in [6, 6.07) is 8.79. The van der Waals surface area contributed by atoms with Crippen LogP contribution >= 0.6 is 0 Å². The molecule has 0 saturated carbocycles. The maximum Gasteiger partial charge on any atom is 0.407 e. The Bertz CT molecular complexity index is 503. The molecule has 1 aliphatic heterocycles. The number of amides is 1. The molecule has 1 fully saturated rings. The summed E-state index contributed by atoms with van der Waals surface area (Å²) in [5, 5.41) is 6.35. The fourth-order valence-corrected chi connectivity index (χ4v) is 2.77. The van der Waals surface area contributed by atoms with Crippen LogP contribution in [-0.4, -0.2) is 30.8 Å². The first-order valence-electron chi connectivity index (χ1n) is 8.06. The van der Waals surface area contributed by atoms with E-state index in [1.165, 1.54) is 11.1 Å². The molecule has 1 saturated heterocycles. The number of hydrogen-bond acceptors (Lipinski definition) is 3. The second kappa shape index (κ2) is 6.69. The highest BCUT2D eigenvalue weighted by Gasteiger charge is 2.31. The van der Waals surface area contributed by atoms with Gasteiger partial charge in [0.15, 0.2) is 0 Å². The lowest BCUT2D eigenvalue weighted by Gasteiger charge is -2.24. The topological polar surface area (TPSA) is 50.4 Å². The molecule has 4 heteroatoms. The summed E-state index contributed by atoms with van der Waals surface area (Å²) in [5.41, 5.74) is 2.13. The molecule has 0 spiro atoms. The van der Waals surface area contributed by atoms with Crippen LogP contribution in [0, 0.1) is 0 Å². The molecule has 1 heterocycles. The van der Waals surface area contributed by atoms with Crippen LogP contribution in [0.1, 0.15) is 57.6 Å². The second-order valence-corrected chi connectivity index (χ2v) is 7.34. The van der Waals surface area contributed by atoms with Crippen LogP contribution in [0.4, 0.5) is 4.79 Å². The Morgan fingerprint density at radius 1 is 1.23 bits per heavy atom. The number of benzene rings is 1. The van der Waals surface area contributed by atoms with E-state index in [1.54, 1.807) is 0 Å². The first-order valence-corrected chi connectivity index (χ1v) is 8.06. The molecule has 0 aromatic heterocycles. The third-order valence-electron chi connectivity index (χ3n) is 3.95. The zero-order valence-electron chi connectivity index (χ0n) is 14.3. The van der Waals surface area contributed by atoms with Crippen LogP contribution in [0.5, 0.6) is 0 Å². The van der Waals surface area contributed by atoms with E-state index in [4.69, 9.17) is 4.74 Å². The molecule has 0 unspecified atom stereocenters. The highest BCUT2D eigenvalue weighted by Crippen LogP contribution is 2.25. The van der Waals surface area contributed by atoms with Gasteiger partial charge in [-0.05, 0) is 37.8 Å². The van der Waals surface area contributed by atoms with E-state index in [2.05, 4.69) is 48.7 Å². The summed E-state index contributed by atoms with van der Waals surface area (Å²) < 4.78 is 5.36. The van der Waals surface area contributed by atoms with Crippen LogP contribution in [-0.2, 0) is 4.74 Å². The molecular weight excluding hydrogens is 276 g/mol. The smallest absolute Gasteiger partial charge is 0.407 e. The van der Waals surface area contributed by atoms with E-state index in [0.717, 1.165) is 13.1 Å². The molecule has 0 radical (unpaired) electrons. The molecule has 1 aromatic carbocycles. The van der Waals surface area contributed by atoms with E-state index >= 15 is 0 Å². The Balaban J connectivity index is 2.02. The van der Waals surface area contributed by atoms with E-state index < -0.39 is 5.60 Å². The molecule has 2 atom stereocenters. The molecule has 0 aliphatic carbocycles. The second-order valence-electron chi connectivity index (χ2n) is 7.34. The lowest BCUT2D eigenvalue weighted by Crippen LogP contribution is -2.42. The van der Waals surface area contributed by atoms with Crippen molar-refractivity contribution in [2.24, 2.45) is 0 Å². The predicted octanol–water partition coefficient (Wildman–Crippen LogP) is 3.39. The van der Waals surface area contributed by atoms with Crippen molar-refractivity contribution in [2.45, 2.75) is 58.1 Å². The molecule has 1 aliphatic rings. The van der Waals surface area contributed by atoms with E-state index in [9.17, 15) is 4.79 Å². The summed E-state index contributed by atoms with van der Waals surface area (Å²) in [6.07, 6.45) is -0.343. The lowest BCUT2D eigenvalue weighted by molar-refractivity contribution is 0.0504. The number of ether oxygens (including phenoxy) is 1. The van der Waals surface area contributed by atoms with Crippen molar-refractivity contribution in [3.63, 3.8) is 0 Å². The third kappa shape index (κ3) is 4.47. The normalized spacial score (nSPS) is 21.9. The van der Waals surface area contributed by atoms with Gasteiger partial charge in [0.05, 0.1) is 6.04 Å². The minimum absolute atomic E-state index is 0.0692. The van der Waals surface area contributed by atoms with Crippen molar-refractivity contribution in [1.82, 2.24) is 10.6 Å². The third-order valence-corrected chi connectivity index (χ3v) is 3.95. The van der Waals surface area contributed by atoms with Crippen molar-refractivity contribution < 1.29 is 9.53 Å². The van der Waals surface area contributed by atoms with Gasteiger partial charge in [-0.2, -0.15) is 0 Å². The Hall–Kier alpha value is -1.55. The first kappa shape index (κ1) is 16.8. The predicted molar refractivity (Wildman–Crippen MR) is 89.3 cm³/mol. The van der Waals surface area contributed by atoms with Crippen LogP contribution < -0.4 is 10.6 Å². The van der Waals surface area contributed by atoms with Gasteiger partial charge in [-0.3, -0.25) is 0 Å². The summed E-state index contributed by atoms with van der Waals surface area (Å²) in [4.78, 5) is 12.0. The minimum Gasteiger partial charge on any atom is -0.444 e. The number of nitrogens with one attached hydrogen (secondary N) is 2. The summed E-state index contributed by atoms with van der Waals surface area (Å²) in [6.45, 7) is 11.7. The molecule has 22 heavy (non-hydrogen) atoms. The standard InChI is InChI=1S/C18H28N2O2/c1-12(2)13-6-8-14(9-7-13)15-10-19-11-16(15)20-17(21)22-18(3,4)5/h6-9,12,15-16,19H,10-11H2,1-5H3,(H,20,21)/t15-,16+/m0/s1. The molecule has 2 rings (SSSR count). The van der Waals surface area contributed by atoms with Crippen molar-refractivity contribution in [3.8, 4) is 0 Å². The van der Waals surface area contributed by atoms with Gasteiger partial charge in [0, 0.05) is 19.0 Å². The van der Waals surface area contributed by atoms with Crippen molar-refractivity contribution >= 4 is 6.09 Å². The van der Waals surface area contributed by atoms with E-state index in [0.29, 0.717) is 5.92 Å². The van der Waals surface area contributed by atoms with Crippen molar-refractivity contribution in [2.75, 3.05) is 13.1 Å². The van der Waals surface area contributed by atoms with Gasteiger partial charge in [-0.1, -0.05) is 38.1 Å². The molecule has 1 amide bonds. The van der Waals surface area contributed by atoms with Gasteiger partial charge < -0.3 is 15.4 Å². The summed E-state index contributed by atoms with van der Waals surface area (Å²) in [5.74, 6) is 0.820. The zero-order valence-corrected chi connectivity index (χ0v) is 14.3. The van der Waals surface area contributed by atoms with E-state index in [-0.39, 0.29) is 18.1 Å². The number of carbonyl (C=O) groups excluding carboxylic acids is 1. The van der Waals surface area contributed by atoms with Gasteiger partial charge in [-0.25, -0.2) is 4.79 Å². The monoisotopic (exact) mass is 304 g/mol. The van der Waals surface area contributed by atoms with Gasteiger partial charge in [0.2, 0.25) is 0 Å². The maximum atomic E-state index is 12.0. The van der Waals surface area contributed by atoms with Crippen molar-refractivity contribution in [3.05, 3.63) is 35.4 Å². The SMILES string of the molecule is CC(C)c1ccc([C@@H]2CNC[C@H]2NC(=O)OC(C)(C)C)cc1. The van der Waals surface area contributed by atoms with Crippen LogP contribution in [0.25, 0.3) is 0 Å². The Morgan fingerprint density at radius 2 is 1.86 bits per heavy atom. The number of rotatable bonds is 3. The molecule has 122 valence electrons. The minimum atomic E-state index is -0.468. The average Bonchev–Trinajstić information content (AvgIpc) is 2.84. The Kier molecular flexibility index (Phi) is 5.12. The van der Waals surface area contributed by atoms with Crippen LogP contribution in [0.15, 0.2) is 24.3 Å². The molecule has 0 bridgehead atoms. The van der Waals surface area contributed by atoms with Crippen molar-refractivity contribution in [1.29, 1.82) is 0 Å². The highest BCUT2D eigenvalue weighted by atomic mass is 16.6. The fourth-order valence-electron chi connectivity index (χ4n) is 2.77. The zero-order chi connectivity index (χ0) is 16.3. The van der Waals surface area contributed by atoms with Crippen LogP contribution in [0.2, 0.25) is 0 Å². The molecular formula is C18H28N2O2. The summed E-state index contributed by atoms with van der Waals surface area (Å²) in [7, 11) is 0. The first-order chi connectivity index (χ1) is 10.3. The molecule has 1 aromatic rings. The Morgan fingerprint density at radius 3 is 2.41 bits per heavy atom. The van der Waals surface area contributed by atoms with E-state index in [1.807, 2.05) is 20.8 Å². The average molecular weight is 304 g/mol. The molecule has 4 nitrogen and oxygen atoms in total. The Labute approximate surface area is 133 Å². The van der Waals surface area contributed by atoms with Gasteiger partial charge >= 0.3 is 6.09 Å².